The molecule has 0 bridgehead atoms. The molecule has 138 valence electrons. The largest absolute Gasteiger partial charge is 0.294 e. The van der Waals surface area contributed by atoms with Crippen molar-refractivity contribution in [2.45, 2.75) is 45.8 Å². The summed E-state index contributed by atoms with van der Waals surface area (Å²) in [6.45, 7) is 7.13. The second-order valence-corrected chi connectivity index (χ2v) is 6.93. The van der Waals surface area contributed by atoms with E-state index in [0.29, 0.717) is 6.04 Å². The van der Waals surface area contributed by atoms with Crippen LogP contribution >= 0.6 is 0 Å². The van der Waals surface area contributed by atoms with Gasteiger partial charge in [0.2, 0.25) is 0 Å². The number of aromatic nitrogens is 2. The van der Waals surface area contributed by atoms with Gasteiger partial charge in [0.15, 0.2) is 0 Å². The van der Waals surface area contributed by atoms with Gasteiger partial charge in [0.05, 0.1) is 12.2 Å². The molecule has 1 amide bonds. The summed E-state index contributed by atoms with van der Waals surface area (Å²) < 4.78 is 2.12. The maximum Gasteiger partial charge on any atom is 0.267 e. The predicted molar refractivity (Wildman–Crippen MR) is 101 cm³/mol. The van der Waals surface area contributed by atoms with Gasteiger partial charge in [0, 0.05) is 24.4 Å². The first-order valence-corrected chi connectivity index (χ1v) is 9.01. The molecule has 6 heteroatoms. The molecule has 2 N–H and O–H groups in total. The Morgan fingerprint density at radius 3 is 2.77 bits per heavy atom. The topological polar surface area (TPSA) is 70.4 Å². The van der Waals surface area contributed by atoms with E-state index in [-0.39, 0.29) is 0 Å². The quantitative estimate of drug-likeness (QED) is 0.475. The van der Waals surface area contributed by atoms with Gasteiger partial charge in [-0.15, -0.1) is 0 Å². The lowest BCUT2D eigenvalue weighted by atomic mass is 10.1. The van der Waals surface area contributed by atoms with Gasteiger partial charge >= 0.3 is 0 Å². The average Bonchev–Trinajstić information content (AvgIpc) is 3.20. The van der Waals surface area contributed by atoms with Crippen LogP contribution in [0.25, 0.3) is 6.08 Å². The Morgan fingerprint density at radius 1 is 1.35 bits per heavy atom. The lowest BCUT2D eigenvalue weighted by molar-refractivity contribution is -0.124. The predicted octanol–water partition coefficient (Wildman–Crippen LogP) is 2.68. The van der Waals surface area contributed by atoms with E-state index < -0.39 is 5.91 Å². The average molecular weight is 354 g/mol. The summed E-state index contributed by atoms with van der Waals surface area (Å²) >= 11 is 0. The highest BCUT2D eigenvalue weighted by Gasteiger charge is 2.25. The maximum absolute atomic E-state index is 11.0. The van der Waals surface area contributed by atoms with Crippen molar-refractivity contribution in [2.24, 2.45) is 0 Å². The van der Waals surface area contributed by atoms with E-state index in [9.17, 15) is 4.79 Å². The number of nitrogens with zero attached hydrogens (tertiary/aromatic N) is 3. The van der Waals surface area contributed by atoms with Crippen molar-refractivity contribution in [1.29, 1.82) is 0 Å². The van der Waals surface area contributed by atoms with E-state index in [1.165, 1.54) is 30.2 Å². The van der Waals surface area contributed by atoms with E-state index in [1.807, 2.05) is 19.1 Å². The van der Waals surface area contributed by atoms with Crippen molar-refractivity contribution in [3.05, 3.63) is 58.9 Å². The molecule has 2 aromatic rings. The van der Waals surface area contributed by atoms with Gasteiger partial charge in [0.25, 0.3) is 5.91 Å². The zero-order valence-electron chi connectivity index (χ0n) is 15.4. The van der Waals surface area contributed by atoms with Crippen LogP contribution in [-0.4, -0.2) is 38.4 Å². The van der Waals surface area contributed by atoms with E-state index in [1.54, 1.807) is 11.6 Å². The molecule has 26 heavy (non-hydrogen) atoms. The van der Waals surface area contributed by atoms with Gasteiger partial charge in [-0.05, 0) is 56.5 Å². The number of carbonyl (C=O) groups excluding carboxylic acids is 1. The Hall–Kier alpha value is -2.44. The number of hydrogen-bond donors (Lipinski definition) is 2. The van der Waals surface area contributed by atoms with Crippen LogP contribution in [0.1, 0.15) is 35.4 Å². The van der Waals surface area contributed by atoms with Crippen molar-refractivity contribution in [2.75, 3.05) is 6.54 Å². The number of hydrogen-bond acceptors (Lipinski definition) is 4. The fourth-order valence-electron chi connectivity index (χ4n) is 3.55. The Labute approximate surface area is 154 Å². The van der Waals surface area contributed by atoms with Gasteiger partial charge in [-0.3, -0.25) is 19.6 Å². The first-order chi connectivity index (χ1) is 12.5. The van der Waals surface area contributed by atoms with Gasteiger partial charge in [-0.1, -0.05) is 24.3 Å². The number of hydroxylamine groups is 1. The monoisotopic (exact) mass is 354 g/mol. The van der Waals surface area contributed by atoms with Crippen LogP contribution in [0, 0.1) is 13.8 Å². The van der Waals surface area contributed by atoms with E-state index in [2.05, 4.69) is 39.8 Å². The highest BCUT2D eigenvalue weighted by atomic mass is 16.5. The molecule has 1 fully saturated rings. The van der Waals surface area contributed by atoms with Crippen LogP contribution in [0.5, 0.6) is 0 Å². The highest BCUT2D eigenvalue weighted by molar-refractivity contribution is 5.90. The fourth-order valence-corrected chi connectivity index (χ4v) is 3.55. The maximum atomic E-state index is 11.0. The molecule has 2 heterocycles. The minimum atomic E-state index is -0.530. The first kappa shape index (κ1) is 18.4. The van der Waals surface area contributed by atoms with Gasteiger partial charge in [-0.2, -0.15) is 5.10 Å². The number of rotatable bonds is 6. The number of aryl methyl sites for hydroxylation is 2. The van der Waals surface area contributed by atoms with E-state index >= 15 is 0 Å². The minimum Gasteiger partial charge on any atom is -0.294 e. The van der Waals surface area contributed by atoms with E-state index in [4.69, 9.17) is 5.21 Å². The van der Waals surface area contributed by atoms with E-state index in [0.717, 1.165) is 30.9 Å². The molecular formula is C20H26N4O2. The zero-order chi connectivity index (χ0) is 18.5. The number of benzene rings is 1. The minimum absolute atomic E-state index is 0.515. The Kier molecular flexibility index (Phi) is 5.85. The van der Waals surface area contributed by atoms with Crippen molar-refractivity contribution < 1.29 is 10.0 Å². The zero-order valence-corrected chi connectivity index (χ0v) is 15.4. The molecule has 0 aliphatic carbocycles. The summed E-state index contributed by atoms with van der Waals surface area (Å²) in [7, 11) is 0. The van der Waals surface area contributed by atoms with Crippen molar-refractivity contribution in [1.82, 2.24) is 20.2 Å². The normalized spacial score (nSPS) is 17.9. The molecule has 1 atom stereocenters. The first-order valence-electron chi connectivity index (χ1n) is 9.01. The molecule has 0 unspecified atom stereocenters. The standard InChI is InChI=1S/C20H26N4O2/c1-15-12-16(2)24(21-15)14-19-4-3-11-23(19)13-18-7-5-17(6-8-18)9-10-20(25)22-26/h5-10,12,19,26H,3-4,11,13-14H2,1-2H3,(H,22,25)/t19-/m1/s1. The molecular weight excluding hydrogens is 328 g/mol. The lowest BCUT2D eigenvalue weighted by Crippen LogP contribution is -2.33. The Morgan fingerprint density at radius 2 is 2.12 bits per heavy atom. The highest BCUT2D eigenvalue weighted by Crippen LogP contribution is 2.22. The van der Waals surface area contributed by atoms with Crippen LogP contribution in [0.3, 0.4) is 0 Å². The molecule has 0 radical (unpaired) electrons. The number of nitrogens with one attached hydrogen (secondary N) is 1. The summed E-state index contributed by atoms with van der Waals surface area (Å²) in [5.41, 5.74) is 6.07. The summed E-state index contributed by atoms with van der Waals surface area (Å²) in [6.07, 6.45) is 5.41. The summed E-state index contributed by atoms with van der Waals surface area (Å²) in [4.78, 5) is 13.6. The third-order valence-electron chi connectivity index (χ3n) is 4.89. The number of amides is 1. The summed E-state index contributed by atoms with van der Waals surface area (Å²) in [5.74, 6) is -0.530. The fraction of sp³-hybridized carbons (Fsp3) is 0.400. The molecule has 3 rings (SSSR count). The smallest absolute Gasteiger partial charge is 0.267 e. The summed E-state index contributed by atoms with van der Waals surface area (Å²) in [5, 5.41) is 13.1. The molecule has 1 saturated heterocycles. The van der Waals surface area contributed by atoms with Crippen LogP contribution in [-0.2, 0) is 17.9 Å². The van der Waals surface area contributed by atoms with Gasteiger partial charge in [-0.25, -0.2) is 5.48 Å². The molecule has 1 aliphatic rings. The number of likely N-dealkylation sites (tertiary alicyclic amines) is 1. The van der Waals surface area contributed by atoms with Crippen molar-refractivity contribution >= 4 is 12.0 Å². The van der Waals surface area contributed by atoms with Crippen LogP contribution in [0.4, 0.5) is 0 Å². The van der Waals surface area contributed by atoms with Crippen LogP contribution < -0.4 is 5.48 Å². The molecule has 0 saturated carbocycles. The van der Waals surface area contributed by atoms with Crippen LogP contribution in [0.2, 0.25) is 0 Å². The third-order valence-corrected chi connectivity index (χ3v) is 4.89. The van der Waals surface area contributed by atoms with Crippen LogP contribution in [0.15, 0.2) is 36.4 Å². The molecule has 6 nitrogen and oxygen atoms in total. The van der Waals surface area contributed by atoms with Crippen molar-refractivity contribution in [3.63, 3.8) is 0 Å². The number of carbonyl (C=O) groups is 1. The van der Waals surface area contributed by atoms with Gasteiger partial charge in [0.1, 0.15) is 0 Å². The lowest BCUT2D eigenvalue weighted by Gasteiger charge is -2.25. The molecule has 1 aromatic carbocycles. The molecule has 0 spiro atoms. The second-order valence-electron chi connectivity index (χ2n) is 6.93. The van der Waals surface area contributed by atoms with Gasteiger partial charge < -0.3 is 0 Å². The summed E-state index contributed by atoms with van der Waals surface area (Å²) in [6, 6.07) is 10.8. The molecule has 1 aromatic heterocycles. The Balaban J connectivity index is 1.61. The van der Waals surface area contributed by atoms with Crippen molar-refractivity contribution in [3.8, 4) is 0 Å². The Bertz CT molecular complexity index is 780. The second kappa shape index (κ2) is 8.29. The molecule has 1 aliphatic heterocycles. The SMILES string of the molecule is Cc1cc(C)n(C[C@H]2CCCN2Cc2ccc(C=CC(=O)NO)cc2)n1. The third kappa shape index (κ3) is 4.59.